The van der Waals surface area contributed by atoms with Crippen LogP contribution in [-0.2, 0) is 6.42 Å². The van der Waals surface area contributed by atoms with Crippen molar-refractivity contribution in [2.75, 3.05) is 0 Å². The Bertz CT molecular complexity index is 459. The Morgan fingerprint density at radius 2 is 2.12 bits per heavy atom. The van der Waals surface area contributed by atoms with E-state index in [9.17, 15) is 5.11 Å². The molecule has 2 rings (SSSR count). The maximum atomic E-state index is 9.70. The smallest absolute Gasteiger partial charge is 0.0998 e. The largest absolute Gasteiger partial charge is 0.390 e. The van der Waals surface area contributed by atoms with Crippen LogP contribution < -0.4 is 0 Å². The minimum atomic E-state index is -0.709. The SMILES string of the molecule is CC(C)(O)Cc1nc(-c2ccccn2)cs1. The third kappa shape index (κ3) is 2.87. The molecule has 0 aliphatic heterocycles. The maximum Gasteiger partial charge on any atom is 0.0998 e. The van der Waals surface area contributed by atoms with Crippen molar-refractivity contribution < 1.29 is 5.11 Å². The molecule has 2 aromatic heterocycles. The standard InChI is InChI=1S/C12H14N2OS/c1-12(2,15)7-11-14-10(8-16-11)9-5-3-4-6-13-9/h3-6,8,15H,7H2,1-2H3. The van der Waals surface area contributed by atoms with Crippen molar-refractivity contribution in [3.05, 3.63) is 34.8 Å². The molecule has 0 spiro atoms. The van der Waals surface area contributed by atoms with Gasteiger partial charge in [0.25, 0.3) is 0 Å². The van der Waals surface area contributed by atoms with Crippen molar-refractivity contribution >= 4 is 11.3 Å². The highest BCUT2D eigenvalue weighted by Gasteiger charge is 2.16. The summed E-state index contributed by atoms with van der Waals surface area (Å²) in [5.74, 6) is 0. The summed E-state index contributed by atoms with van der Waals surface area (Å²) in [6.45, 7) is 3.57. The lowest BCUT2D eigenvalue weighted by Gasteiger charge is -2.14. The van der Waals surface area contributed by atoms with E-state index < -0.39 is 5.60 Å². The average Bonchev–Trinajstić information content (AvgIpc) is 2.65. The lowest BCUT2D eigenvalue weighted by atomic mass is 10.1. The van der Waals surface area contributed by atoms with Gasteiger partial charge in [-0.05, 0) is 26.0 Å². The van der Waals surface area contributed by atoms with E-state index in [0.29, 0.717) is 6.42 Å². The van der Waals surface area contributed by atoms with Crippen molar-refractivity contribution in [2.24, 2.45) is 0 Å². The summed E-state index contributed by atoms with van der Waals surface area (Å²) in [7, 11) is 0. The Balaban J connectivity index is 2.21. The minimum Gasteiger partial charge on any atom is -0.390 e. The predicted molar refractivity (Wildman–Crippen MR) is 65.3 cm³/mol. The fraction of sp³-hybridized carbons (Fsp3) is 0.333. The molecule has 3 nitrogen and oxygen atoms in total. The molecule has 0 radical (unpaired) electrons. The number of rotatable bonds is 3. The molecule has 4 heteroatoms. The molecule has 2 heterocycles. The lowest BCUT2D eigenvalue weighted by molar-refractivity contribution is 0.0809. The van der Waals surface area contributed by atoms with Gasteiger partial charge in [0.15, 0.2) is 0 Å². The number of aromatic nitrogens is 2. The van der Waals surface area contributed by atoms with Crippen LogP contribution in [0.3, 0.4) is 0 Å². The monoisotopic (exact) mass is 234 g/mol. The number of aliphatic hydroxyl groups is 1. The van der Waals surface area contributed by atoms with Crippen LogP contribution in [0.2, 0.25) is 0 Å². The van der Waals surface area contributed by atoms with Crippen LogP contribution in [0.4, 0.5) is 0 Å². The van der Waals surface area contributed by atoms with Crippen LogP contribution in [0.15, 0.2) is 29.8 Å². The molecule has 0 saturated carbocycles. The quantitative estimate of drug-likeness (QED) is 0.887. The second kappa shape index (κ2) is 4.31. The van der Waals surface area contributed by atoms with Crippen molar-refractivity contribution in [1.82, 2.24) is 9.97 Å². The van der Waals surface area contributed by atoms with E-state index in [2.05, 4.69) is 9.97 Å². The van der Waals surface area contributed by atoms with E-state index in [0.717, 1.165) is 16.4 Å². The van der Waals surface area contributed by atoms with Crippen molar-refractivity contribution in [3.8, 4) is 11.4 Å². The first-order chi connectivity index (χ1) is 7.54. The predicted octanol–water partition coefficient (Wildman–Crippen LogP) is 2.52. The number of hydrogen-bond acceptors (Lipinski definition) is 4. The summed E-state index contributed by atoms with van der Waals surface area (Å²) >= 11 is 1.56. The van der Waals surface area contributed by atoms with Gasteiger partial charge in [0.1, 0.15) is 0 Å². The fourth-order valence-corrected chi connectivity index (χ4v) is 2.40. The second-order valence-corrected chi connectivity index (χ2v) is 5.27. The van der Waals surface area contributed by atoms with Crippen LogP contribution in [0, 0.1) is 0 Å². The molecule has 0 unspecified atom stereocenters. The van der Waals surface area contributed by atoms with Gasteiger partial charge in [0, 0.05) is 18.0 Å². The fourth-order valence-electron chi connectivity index (χ4n) is 1.39. The van der Waals surface area contributed by atoms with Crippen LogP contribution in [-0.4, -0.2) is 20.7 Å². The second-order valence-electron chi connectivity index (χ2n) is 4.33. The molecule has 0 bridgehead atoms. The molecular formula is C12H14N2OS. The summed E-state index contributed by atoms with van der Waals surface area (Å²) in [4.78, 5) is 8.70. The zero-order chi connectivity index (χ0) is 11.6. The first kappa shape index (κ1) is 11.2. The van der Waals surface area contributed by atoms with Gasteiger partial charge in [0.05, 0.1) is 22.0 Å². The van der Waals surface area contributed by atoms with Crippen LogP contribution in [0.25, 0.3) is 11.4 Å². The van der Waals surface area contributed by atoms with E-state index in [1.165, 1.54) is 0 Å². The first-order valence-electron chi connectivity index (χ1n) is 5.13. The molecule has 0 saturated heterocycles. The van der Waals surface area contributed by atoms with Gasteiger partial charge in [-0.2, -0.15) is 0 Å². The topological polar surface area (TPSA) is 46.0 Å². The number of pyridine rings is 1. The van der Waals surface area contributed by atoms with E-state index in [4.69, 9.17) is 0 Å². The Labute approximate surface area is 98.8 Å². The third-order valence-electron chi connectivity index (χ3n) is 2.06. The molecule has 2 aromatic rings. The Morgan fingerprint density at radius 3 is 2.75 bits per heavy atom. The molecule has 0 amide bonds. The zero-order valence-electron chi connectivity index (χ0n) is 9.34. The molecule has 84 valence electrons. The molecule has 0 aliphatic rings. The molecular weight excluding hydrogens is 220 g/mol. The Hall–Kier alpha value is -1.26. The van der Waals surface area contributed by atoms with Crippen molar-refractivity contribution in [1.29, 1.82) is 0 Å². The van der Waals surface area contributed by atoms with Gasteiger partial charge in [-0.3, -0.25) is 4.98 Å². The van der Waals surface area contributed by atoms with E-state index in [1.807, 2.05) is 23.6 Å². The lowest BCUT2D eigenvalue weighted by Crippen LogP contribution is -2.21. The molecule has 0 atom stereocenters. The van der Waals surface area contributed by atoms with Gasteiger partial charge in [-0.1, -0.05) is 6.07 Å². The highest BCUT2D eigenvalue weighted by molar-refractivity contribution is 7.09. The molecule has 1 N–H and O–H groups in total. The van der Waals surface area contributed by atoms with Gasteiger partial charge in [-0.25, -0.2) is 4.98 Å². The molecule has 0 aliphatic carbocycles. The van der Waals surface area contributed by atoms with Gasteiger partial charge in [0.2, 0.25) is 0 Å². The van der Waals surface area contributed by atoms with Crippen molar-refractivity contribution in [3.63, 3.8) is 0 Å². The minimum absolute atomic E-state index is 0.574. The highest BCUT2D eigenvalue weighted by atomic mass is 32.1. The highest BCUT2D eigenvalue weighted by Crippen LogP contribution is 2.22. The van der Waals surface area contributed by atoms with Gasteiger partial charge in [-0.15, -0.1) is 11.3 Å². The first-order valence-corrected chi connectivity index (χ1v) is 6.01. The van der Waals surface area contributed by atoms with Gasteiger partial charge >= 0.3 is 0 Å². The van der Waals surface area contributed by atoms with Crippen LogP contribution >= 0.6 is 11.3 Å². The summed E-state index contributed by atoms with van der Waals surface area (Å²) in [6.07, 6.45) is 2.33. The maximum absolute atomic E-state index is 9.70. The molecule has 0 fully saturated rings. The zero-order valence-corrected chi connectivity index (χ0v) is 10.2. The normalized spacial score (nSPS) is 11.7. The van der Waals surface area contributed by atoms with Gasteiger partial charge < -0.3 is 5.11 Å². The Kier molecular flexibility index (Phi) is 3.03. The van der Waals surface area contributed by atoms with Crippen LogP contribution in [0.5, 0.6) is 0 Å². The third-order valence-corrected chi connectivity index (χ3v) is 2.91. The summed E-state index contributed by atoms with van der Waals surface area (Å²) in [5.41, 5.74) is 1.05. The van der Waals surface area contributed by atoms with Crippen molar-refractivity contribution in [2.45, 2.75) is 25.9 Å². The number of hydrogen-bond donors (Lipinski definition) is 1. The van der Waals surface area contributed by atoms with E-state index in [-0.39, 0.29) is 0 Å². The summed E-state index contributed by atoms with van der Waals surface area (Å²) in [6, 6.07) is 5.76. The summed E-state index contributed by atoms with van der Waals surface area (Å²) < 4.78 is 0. The molecule has 0 aromatic carbocycles. The average molecular weight is 234 g/mol. The van der Waals surface area contributed by atoms with E-state index >= 15 is 0 Å². The van der Waals surface area contributed by atoms with E-state index in [1.54, 1.807) is 31.4 Å². The Morgan fingerprint density at radius 1 is 1.31 bits per heavy atom. The molecule has 16 heavy (non-hydrogen) atoms. The van der Waals surface area contributed by atoms with Crippen LogP contribution in [0.1, 0.15) is 18.9 Å². The number of thiazole rings is 1. The number of nitrogens with zero attached hydrogens (tertiary/aromatic N) is 2. The summed E-state index contributed by atoms with van der Waals surface area (Å²) in [5, 5.41) is 12.6.